The van der Waals surface area contributed by atoms with Crippen LogP contribution in [0.4, 0.5) is 5.69 Å². The summed E-state index contributed by atoms with van der Waals surface area (Å²) in [7, 11) is 1.50. The number of rotatable bonds is 5. The van der Waals surface area contributed by atoms with Crippen molar-refractivity contribution < 1.29 is 14.3 Å². The van der Waals surface area contributed by atoms with Gasteiger partial charge in [-0.3, -0.25) is 4.68 Å². The number of ether oxygens (including phenoxy) is 2. The summed E-state index contributed by atoms with van der Waals surface area (Å²) in [6.45, 7) is 4.19. The van der Waals surface area contributed by atoms with E-state index in [1.807, 2.05) is 30.8 Å². The molecule has 0 fully saturated rings. The summed E-state index contributed by atoms with van der Waals surface area (Å²) < 4.78 is 12.1. The first-order valence-corrected chi connectivity index (χ1v) is 6.66. The van der Waals surface area contributed by atoms with Crippen molar-refractivity contribution >= 4 is 11.7 Å². The number of benzene rings is 1. The van der Waals surface area contributed by atoms with E-state index in [4.69, 9.17) is 15.2 Å². The molecule has 0 radical (unpaired) electrons. The molecule has 0 amide bonds. The van der Waals surface area contributed by atoms with Gasteiger partial charge in [0.25, 0.3) is 0 Å². The Balaban J connectivity index is 2.01. The van der Waals surface area contributed by atoms with E-state index in [1.54, 1.807) is 18.2 Å². The van der Waals surface area contributed by atoms with E-state index >= 15 is 0 Å². The van der Waals surface area contributed by atoms with Crippen molar-refractivity contribution in [2.45, 2.75) is 26.5 Å². The lowest BCUT2D eigenvalue weighted by molar-refractivity contribution is 0.0466. The molecule has 0 aliphatic rings. The van der Waals surface area contributed by atoms with Crippen molar-refractivity contribution in [3.8, 4) is 5.75 Å². The topological polar surface area (TPSA) is 79.4 Å². The third kappa shape index (κ3) is 3.53. The number of nitrogen functional groups attached to an aromatic ring is 1. The van der Waals surface area contributed by atoms with Crippen molar-refractivity contribution in [1.82, 2.24) is 9.78 Å². The summed E-state index contributed by atoms with van der Waals surface area (Å²) in [5.74, 6) is 0.0148. The van der Waals surface area contributed by atoms with Crippen molar-refractivity contribution in [2.75, 3.05) is 12.8 Å². The molecule has 0 aliphatic heterocycles. The van der Waals surface area contributed by atoms with E-state index < -0.39 is 5.97 Å². The van der Waals surface area contributed by atoms with Crippen LogP contribution in [-0.4, -0.2) is 22.9 Å². The van der Waals surface area contributed by atoms with Gasteiger partial charge in [-0.25, -0.2) is 4.79 Å². The fourth-order valence-corrected chi connectivity index (χ4v) is 1.80. The zero-order valence-electron chi connectivity index (χ0n) is 12.4. The fourth-order valence-electron chi connectivity index (χ4n) is 1.80. The standard InChI is InChI=1S/C15H19N3O3/c1-10(2)18-7-6-12(17-18)9-21-15(19)11-4-5-13(16)14(8-11)20-3/h4-8,10H,9,16H2,1-3H3. The van der Waals surface area contributed by atoms with E-state index in [1.165, 1.54) is 7.11 Å². The van der Waals surface area contributed by atoms with E-state index in [-0.39, 0.29) is 12.6 Å². The first kappa shape index (κ1) is 14.9. The lowest BCUT2D eigenvalue weighted by Crippen LogP contribution is -2.07. The zero-order valence-corrected chi connectivity index (χ0v) is 12.4. The molecule has 21 heavy (non-hydrogen) atoms. The SMILES string of the molecule is COc1cc(C(=O)OCc2ccn(C(C)C)n2)ccc1N. The van der Waals surface area contributed by atoms with Gasteiger partial charge in [0.15, 0.2) is 0 Å². The Bertz CT molecular complexity index is 635. The van der Waals surface area contributed by atoms with Gasteiger partial charge in [-0.1, -0.05) is 0 Å². The van der Waals surface area contributed by atoms with Crippen molar-refractivity contribution in [3.63, 3.8) is 0 Å². The molecule has 1 heterocycles. The molecule has 0 spiro atoms. The Morgan fingerprint density at radius 2 is 2.14 bits per heavy atom. The number of hydrogen-bond acceptors (Lipinski definition) is 5. The number of esters is 1. The zero-order chi connectivity index (χ0) is 15.4. The molecule has 2 aromatic rings. The second-order valence-corrected chi connectivity index (χ2v) is 4.91. The monoisotopic (exact) mass is 289 g/mol. The van der Waals surface area contributed by atoms with Gasteiger partial charge in [0.1, 0.15) is 12.4 Å². The maximum atomic E-state index is 12.0. The summed E-state index contributed by atoms with van der Waals surface area (Å²) in [6.07, 6.45) is 1.86. The number of carbonyl (C=O) groups excluding carboxylic acids is 1. The van der Waals surface area contributed by atoms with Gasteiger partial charge in [-0.05, 0) is 38.1 Å². The summed E-state index contributed by atoms with van der Waals surface area (Å²) in [5.41, 5.74) is 7.28. The van der Waals surface area contributed by atoms with Gasteiger partial charge >= 0.3 is 5.97 Å². The van der Waals surface area contributed by atoms with Crippen LogP contribution < -0.4 is 10.5 Å². The molecule has 6 heteroatoms. The van der Waals surface area contributed by atoms with Crippen molar-refractivity contribution in [3.05, 3.63) is 41.7 Å². The van der Waals surface area contributed by atoms with Crippen LogP contribution >= 0.6 is 0 Å². The van der Waals surface area contributed by atoms with Crippen LogP contribution in [0.25, 0.3) is 0 Å². The van der Waals surface area contributed by atoms with Gasteiger partial charge in [0, 0.05) is 12.2 Å². The molecule has 0 atom stereocenters. The van der Waals surface area contributed by atoms with Gasteiger partial charge in [0.05, 0.1) is 24.1 Å². The minimum Gasteiger partial charge on any atom is -0.495 e. The molecular formula is C15H19N3O3. The predicted molar refractivity (Wildman–Crippen MR) is 79.1 cm³/mol. The normalized spacial score (nSPS) is 10.7. The minimum absolute atomic E-state index is 0.130. The Morgan fingerprint density at radius 3 is 2.76 bits per heavy atom. The Hall–Kier alpha value is -2.50. The second-order valence-electron chi connectivity index (χ2n) is 4.91. The highest BCUT2D eigenvalue weighted by molar-refractivity contribution is 5.90. The van der Waals surface area contributed by atoms with Crippen LogP contribution in [0, 0.1) is 0 Å². The first-order chi connectivity index (χ1) is 10.0. The molecule has 112 valence electrons. The van der Waals surface area contributed by atoms with Crippen LogP contribution in [0.3, 0.4) is 0 Å². The molecule has 0 aliphatic carbocycles. The smallest absolute Gasteiger partial charge is 0.338 e. The molecular weight excluding hydrogens is 270 g/mol. The van der Waals surface area contributed by atoms with E-state index in [9.17, 15) is 4.79 Å². The van der Waals surface area contributed by atoms with Crippen LogP contribution in [0.15, 0.2) is 30.5 Å². The molecule has 0 saturated heterocycles. The highest BCUT2D eigenvalue weighted by Gasteiger charge is 2.11. The van der Waals surface area contributed by atoms with Gasteiger partial charge in [-0.15, -0.1) is 0 Å². The van der Waals surface area contributed by atoms with E-state index in [0.29, 0.717) is 22.7 Å². The Morgan fingerprint density at radius 1 is 1.38 bits per heavy atom. The third-order valence-electron chi connectivity index (χ3n) is 3.01. The predicted octanol–water partition coefficient (Wildman–Crippen LogP) is 2.41. The number of hydrogen-bond donors (Lipinski definition) is 1. The first-order valence-electron chi connectivity index (χ1n) is 6.66. The molecule has 0 saturated carbocycles. The molecule has 1 aromatic heterocycles. The molecule has 2 rings (SSSR count). The number of anilines is 1. The van der Waals surface area contributed by atoms with Crippen LogP contribution in [0.1, 0.15) is 35.9 Å². The average Bonchev–Trinajstić information content (AvgIpc) is 2.94. The number of nitrogens with two attached hydrogens (primary N) is 1. The van der Waals surface area contributed by atoms with Crippen LogP contribution in [0.5, 0.6) is 5.75 Å². The summed E-state index contributed by atoms with van der Waals surface area (Å²) in [4.78, 5) is 12.0. The minimum atomic E-state index is -0.438. The third-order valence-corrected chi connectivity index (χ3v) is 3.01. The maximum Gasteiger partial charge on any atom is 0.338 e. The highest BCUT2D eigenvalue weighted by atomic mass is 16.5. The number of nitrogens with zero attached hydrogens (tertiary/aromatic N) is 2. The van der Waals surface area contributed by atoms with Gasteiger partial charge in [-0.2, -0.15) is 5.10 Å². The van der Waals surface area contributed by atoms with Gasteiger partial charge in [0.2, 0.25) is 0 Å². The fraction of sp³-hybridized carbons (Fsp3) is 0.333. The highest BCUT2D eigenvalue weighted by Crippen LogP contribution is 2.22. The van der Waals surface area contributed by atoms with Crippen molar-refractivity contribution in [2.24, 2.45) is 0 Å². The average molecular weight is 289 g/mol. The Labute approximate surface area is 123 Å². The molecule has 1 aromatic carbocycles. The maximum absolute atomic E-state index is 12.0. The molecule has 6 nitrogen and oxygen atoms in total. The lowest BCUT2D eigenvalue weighted by atomic mass is 10.2. The molecule has 0 unspecified atom stereocenters. The number of aromatic nitrogens is 2. The van der Waals surface area contributed by atoms with Crippen LogP contribution in [0.2, 0.25) is 0 Å². The Kier molecular flexibility index (Phi) is 4.47. The second kappa shape index (κ2) is 6.30. The van der Waals surface area contributed by atoms with Gasteiger partial charge < -0.3 is 15.2 Å². The summed E-state index contributed by atoms with van der Waals surface area (Å²) >= 11 is 0. The van der Waals surface area contributed by atoms with Crippen molar-refractivity contribution in [1.29, 1.82) is 0 Å². The number of methoxy groups -OCH3 is 1. The van der Waals surface area contributed by atoms with E-state index in [0.717, 1.165) is 0 Å². The lowest BCUT2D eigenvalue weighted by Gasteiger charge is -2.07. The largest absolute Gasteiger partial charge is 0.495 e. The van der Waals surface area contributed by atoms with Crippen LogP contribution in [-0.2, 0) is 11.3 Å². The molecule has 0 bridgehead atoms. The summed E-state index contributed by atoms with van der Waals surface area (Å²) in [5, 5.41) is 4.32. The summed E-state index contributed by atoms with van der Waals surface area (Å²) in [6, 6.07) is 6.88. The molecule has 2 N–H and O–H groups in total. The van der Waals surface area contributed by atoms with E-state index in [2.05, 4.69) is 5.10 Å². The quantitative estimate of drug-likeness (QED) is 0.675. The number of carbonyl (C=O) groups is 1.